The fourth-order valence-corrected chi connectivity index (χ4v) is 3.68. The van der Waals surface area contributed by atoms with Crippen LogP contribution in [0.1, 0.15) is 43.4 Å². The van der Waals surface area contributed by atoms with Gasteiger partial charge >= 0.3 is 0 Å². The molecule has 0 radical (unpaired) electrons. The molecule has 3 nitrogen and oxygen atoms in total. The summed E-state index contributed by atoms with van der Waals surface area (Å²) in [5.41, 5.74) is 3.66. The van der Waals surface area contributed by atoms with Gasteiger partial charge in [-0.25, -0.2) is 0 Å². The van der Waals surface area contributed by atoms with E-state index in [0.717, 1.165) is 38.2 Å². The zero-order chi connectivity index (χ0) is 19.9. The molecule has 1 fully saturated rings. The highest BCUT2D eigenvalue weighted by molar-refractivity contribution is 5.83. The van der Waals surface area contributed by atoms with Crippen molar-refractivity contribution in [3.8, 4) is 0 Å². The molecule has 3 rings (SSSR count). The quantitative estimate of drug-likeness (QED) is 0.723. The monoisotopic (exact) mass is 376 g/mol. The van der Waals surface area contributed by atoms with Gasteiger partial charge < -0.3 is 9.80 Å². The molecule has 1 aliphatic rings. The van der Waals surface area contributed by atoms with E-state index < -0.39 is 0 Å². The van der Waals surface area contributed by atoms with Gasteiger partial charge in [-0.3, -0.25) is 4.79 Å². The van der Waals surface area contributed by atoms with Crippen LogP contribution in [0.4, 0.5) is 0 Å². The van der Waals surface area contributed by atoms with Crippen LogP contribution in [0.25, 0.3) is 6.08 Å². The number of piperazine rings is 1. The summed E-state index contributed by atoms with van der Waals surface area (Å²) in [6.45, 7) is 9.83. The molecule has 0 spiro atoms. The Bertz CT molecular complexity index is 772. The third-order valence-corrected chi connectivity index (χ3v) is 5.40. The van der Waals surface area contributed by atoms with Crippen LogP contribution in [0.15, 0.2) is 60.8 Å². The van der Waals surface area contributed by atoms with Crippen molar-refractivity contribution in [2.75, 3.05) is 26.2 Å². The van der Waals surface area contributed by atoms with E-state index in [-0.39, 0.29) is 11.8 Å². The van der Waals surface area contributed by atoms with E-state index in [1.165, 1.54) is 11.1 Å². The lowest BCUT2D eigenvalue weighted by Crippen LogP contribution is -2.48. The van der Waals surface area contributed by atoms with Crippen molar-refractivity contribution in [2.45, 2.75) is 33.1 Å². The predicted molar refractivity (Wildman–Crippen MR) is 117 cm³/mol. The molecule has 1 saturated heterocycles. The van der Waals surface area contributed by atoms with Crippen molar-refractivity contribution in [2.24, 2.45) is 5.92 Å². The SMILES string of the molecule is CC(C)Cc1ccc(C(C)C(=O)N2CCN(/C=C/c3ccccc3)CC2)cc1. The Hall–Kier alpha value is -2.55. The highest BCUT2D eigenvalue weighted by Crippen LogP contribution is 2.21. The van der Waals surface area contributed by atoms with Crippen LogP contribution < -0.4 is 0 Å². The van der Waals surface area contributed by atoms with Gasteiger partial charge in [-0.1, -0.05) is 68.4 Å². The van der Waals surface area contributed by atoms with Gasteiger partial charge in [0.05, 0.1) is 5.92 Å². The second-order valence-corrected chi connectivity index (χ2v) is 8.15. The first-order valence-electron chi connectivity index (χ1n) is 10.4. The topological polar surface area (TPSA) is 23.6 Å². The van der Waals surface area contributed by atoms with Crippen molar-refractivity contribution < 1.29 is 4.79 Å². The molecule has 1 amide bonds. The highest BCUT2D eigenvalue weighted by Gasteiger charge is 2.24. The van der Waals surface area contributed by atoms with Crippen molar-refractivity contribution in [1.82, 2.24) is 9.80 Å². The molecule has 1 aliphatic heterocycles. The lowest BCUT2D eigenvalue weighted by atomic mass is 9.95. The van der Waals surface area contributed by atoms with E-state index in [1.807, 2.05) is 30.0 Å². The van der Waals surface area contributed by atoms with Crippen LogP contribution in [0, 0.1) is 5.92 Å². The van der Waals surface area contributed by atoms with Crippen LogP contribution >= 0.6 is 0 Å². The minimum Gasteiger partial charge on any atom is -0.374 e. The molecule has 0 saturated carbocycles. The fourth-order valence-electron chi connectivity index (χ4n) is 3.68. The molecule has 1 heterocycles. The number of hydrogen-bond acceptors (Lipinski definition) is 2. The first-order valence-corrected chi connectivity index (χ1v) is 10.4. The second-order valence-electron chi connectivity index (χ2n) is 8.15. The standard InChI is InChI=1S/C25H32N2O/c1-20(2)19-23-9-11-24(12-10-23)21(3)25(28)27-17-15-26(16-18-27)14-13-22-7-5-4-6-8-22/h4-14,20-21H,15-19H2,1-3H3/b14-13+. The van der Waals surface area contributed by atoms with Crippen LogP contribution in [-0.4, -0.2) is 41.9 Å². The summed E-state index contributed by atoms with van der Waals surface area (Å²) in [6, 6.07) is 18.9. The molecule has 148 valence electrons. The number of benzene rings is 2. The Labute approximate surface area is 169 Å². The van der Waals surface area contributed by atoms with Crippen LogP contribution in [0.2, 0.25) is 0 Å². The zero-order valence-electron chi connectivity index (χ0n) is 17.3. The Balaban J connectivity index is 1.52. The number of carbonyl (C=O) groups is 1. The summed E-state index contributed by atoms with van der Waals surface area (Å²) in [4.78, 5) is 17.2. The number of nitrogens with zero attached hydrogens (tertiary/aromatic N) is 2. The third kappa shape index (κ3) is 5.48. The maximum atomic E-state index is 12.9. The highest BCUT2D eigenvalue weighted by atomic mass is 16.2. The van der Waals surface area contributed by atoms with Crippen molar-refractivity contribution in [3.05, 3.63) is 77.5 Å². The molecule has 3 heteroatoms. The molecule has 0 N–H and O–H groups in total. The van der Waals surface area contributed by atoms with Gasteiger partial charge in [0.1, 0.15) is 0 Å². The molecule has 28 heavy (non-hydrogen) atoms. The van der Waals surface area contributed by atoms with Gasteiger partial charge in [0.25, 0.3) is 0 Å². The van der Waals surface area contributed by atoms with Gasteiger partial charge in [-0.05, 0) is 48.2 Å². The van der Waals surface area contributed by atoms with Gasteiger partial charge in [-0.15, -0.1) is 0 Å². The molecule has 1 unspecified atom stereocenters. The largest absolute Gasteiger partial charge is 0.374 e. The minimum atomic E-state index is -0.0838. The number of amides is 1. The lowest BCUT2D eigenvalue weighted by Gasteiger charge is -2.35. The molecule has 0 aliphatic carbocycles. The average Bonchev–Trinajstić information content (AvgIpc) is 2.72. The first kappa shape index (κ1) is 20.2. The molecule has 1 atom stereocenters. The van der Waals surface area contributed by atoms with E-state index in [4.69, 9.17) is 0 Å². The van der Waals surface area contributed by atoms with Crippen molar-refractivity contribution in [3.63, 3.8) is 0 Å². The van der Waals surface area contributed by atoms with Crippen molar-refractivity contribution >= 4 is 12.0 Å². The third-order valence-electron chi connectivity index (χ3n) is 5.40. The Morgan fingerprint density at radius 1 is 0.929 bits per heavy atom. The lowest BCUT2D eigenvalue weighted by molar-refractivity contribution is -0.133. The Morgan fingerprint density at radius 2 is 1.57 bits per heavy atom. The van der Waals surface area contributed by atoms with Crippen LogP contribution in [0.3, 0.4) is 0 Å². The summed E-state index contributed by atoms with van der Waals surface area (Å²) in [5.74, 6) is 0.806. The molecule has 2 aromatic carbocycles. The normalized spacial score (nSPS) is 16.0. The average molecular weight is 377 g/mol. The van der Waals surface area contributed by atoms with Crippen LogP contribution in [-0.2, 0) is 11.2 Å². The zero-order valence-corrected chi connectivity index (χ0v) is 17.3. The van der Waals surface area contributed by atoms with E-state index in [1.54, 1.807) is 0 Å². The first-order chi connectivity index (χ1) is 13.5. The minimum absolute atomic E-state index is 0.0838. The molecule has 2 aromatic rings. The van der Waals surface area contributed by atoms with Crippen molar-refractivity contribution in [1.29, 1.82) is 0 Å². The number of hydrogen-bond donors (Lipinski definition) is 0. The summed E-state index contributed by atoms with van der Waals surface area (Å²) in [5, 5.41) is 0. The number of carbonyl (C=O) groups excluding carboxylic acids is 1. The smallest absolute Gasteiger partial charge is 0.229 e. The van der Waals surface area contributed by atoms with Gasteiger partial charge in [0.15, 0.2) is 0 Å². The van der Waals surface area contributed by atoms with E-state index in [0.29, 0.717) is 5.92 Å². The maximum absolute atomic E-state index is 12.9. The summed E-state index contributed by atoms with van der Waals surface area (Å²) in [7, 11) is 0. The second kappa shape index (κ2) is 9.59. The Morgan fingerprint density at radius 3 is 2.18 bits per heavy atom. The van der Waals surface area contributed by atoms with Gasteiger partial charge in [-0.2, -0.15) is 0 Å². The maximum Gasteiger partial charge on any atom is 0.229 e. The molecular formula is C25H32N2O. The van der Waals surface area contributed by atoms with E-state index in [2.05, 4.69) is 67.4 Å². The van der Waals surface area contributed by atoms with Crippen LogP contribution in [0.5, 0.6) is 0 Å². The fraction of sp³-hybridized carbons (Fsp3) is 0.400. The molecule has 0 aromatic heterocycles. The number of rotatable bonds is 6. The summed E-state index contributed by atoms with van der Waals surface area (Å²) < 4.78 is 0. The predicted octanol–water partition coefficient (Wildman–Crippen LogP) is 4.80. The van der Waals surface area contributed by atoms with Gasteiger partial charge in [0, 0.05) is 26.2 Å². The summed E-state index contributed by atoms with van der Waals surface area (Å²) in [6.07, 6.45) is 5.37. The van der Waals surface area contributed by atoms with Gasteiger partial charge in [0.2, 0.25) is 5.91 Å². The molecule has 0 bridgehead atoms. The summed E-state index contributed by atoms with van der Waals surface area (Å²) >= 11 is 0. The molecular weight excluding hydrogens is 344 g/mol. The Kier molecular flexibility index (Phi) is 6.91. The van der Waals surface area contributed by atoms with E-state index >= 15 is 0 Å². The van der Waals surface area contributed by atoms with E-state index in [9.17, 15) is 4.79 Å².